The van der Waals surface area contributed by atoms with Crippen LogP contribution in [-0.4, -0.2) is 16.3 Å². The van der Waals surface area contributed by atoms with Gasteiger partial charge in [-0.25, -0.2) is 0 Å². The first-order chi connectivity index (χ1) is 20.1. The summed E-state index contributed by atoms with van der Waals surface area (Å²) in [6, 6.07) is 5.46. The first kappa shape index (κ1) is 34.3. The molecule has 4 atom stereocenters. The summed E-state index contributed by atoms with van der Waals surface area (Å²) in [5, 5.41) is 11.5. The van der Waals surface area contributed by atoms with Crippen molar-refractivity contribution in [3.05, 3.63) is 63.5 Å². The summed E-state index contributed by atoms with van der Waals surface area (Å²) in [5.41, 5.74) is 5.27. The minimum atomic E-state index is -4.37. The van der Waals surface area contributed by atoms with Crippen LogP contribution in [0.3, 0.4) is 0 Å². The van der Waals surface area contributed by atoms with E-state index in [9.17, 15) is 18.3 Å². The highest BCUT2D eigenvalue weighted by Gasteiger charge is 2.56. The van der Waals surface area contributed by atoms with E-state index in [1.165, 1.54) is 12.8 Å². The van der Waals surface area contributed by atoms with Gasteiger partial charge in [0.2, 0.25) is 0 Å². The van der Waals surface area contributed by atoms with Crippen LogP contribution in [0.15, 0.2) is 24.3 Å². The number of ether oxygens (including phenoxy) is 1. The maximum absolute atomic E-state index is 13.3. The number of fused-ring (bicyclic) bond motifs is 4. The lowest BCUT2D eigenvalue weighted by molar-refractivity contribution is -0.137. The van der Waals surface area contributed by atoms with Gasteiger partial charge in [0.15, 0.2) is 0 Å². The Bertz CT molecular complexity index is 1260. The van der Waals surface area contributed by atoms with Crippen LogP contribution in [0.5, 0.6) is 0 Å². The zero-order valence-electron chi connectivity index (χ0n) is 27.4. The summed E-state index contributed by atoms with van der Waals surface area (Å²) < 4.78 is 46.8. The molecule has 240 valence electrons. The molecule has 43 heavy (non-hydrogen) atoms. The average molecular weight is 620 g/mol. The second-order valence-corrected chi connectivity index (χ2v) is 15.0. The fourth-order valence-electron chi connectivity index (χ4n) is 7.15. The Hall–Kier alpha value is -1.57. The van der Waals surface area contributed by atoms with E-state index >= 15 is 0 Å². The van der Waals surface area contributed by atoms with Gasteiger partial charge in [-0.2, -0.15) is 25.8 Å². The molecule has 4 aliphatic rings. The number of rotatable bonds is 2. The summed E-state index contributed by atoms with van der Waals surface area (Å²) in [6.07, 6.45) is 5.29. The maximum Gasteiger partial charge on any atom is 0.416 e. The molecule has 3 aliphatic carbocycles. The van der Waals surface area contributed by atoms with E-state index in [1.807, 2.05) is 0 Å². The third-order valence-electron chi connectivity index (χ3n) is 10.2. The molecule has 0 saturated heterocycles. The second-order valence-electron chi connectivity index (χ2n) is 15.0. The molecule has 0 bridgehead atoms. The van der Waals surface area contributed by atoms with Gasteiger partial charge < -0.3 is 9.84 Å². The molecule has 6 rings (SSSR count). The third kappa shape index (κ3) is 6.84. The lowest BCUT2D eigenvalue weighted by Gasteiger charge is -2.40. The molecule has 2 heterocycles. The molecular formula is C36H52F3NO2S. The number of hydrogen-bond acceptors (Lipinski definition) is 4. The molecule has 1 N–H and O–H groups in total. The van der Waals surface area contributed by atoms with Crippen LogP contribution >= 0.6 is 12.6 Å². The zero-order chi connectivity index (χ0) is 32.0. The standard InChI is InChI=1S/C29H34F3NO2.C6H14.CH4S/c1-16-6-5-13-28(16)24-22-20(14-27(2,3)15-21(22)34)33-25(17-7-4-8-17)23(24)26(35-28)18-9-11-19(12-10-18)29(30,31)32;1-5-6(2,3)4;1-2/h9-12,16-17,21,26,34H,4-8,13-15H2,1-3H3;5H2,1-4H3;2H,1H3. The molecule has 2 saturated carbocycles. The van der Waals surface area contributed by atoms with Crippen molar-refractivity contribution in [3.63, 3.8) is 0 Å². The summed E-state index contributed by atoms with van der Waals surface area (Å²) in [7, 11) is 0. The molecule has 0 amide bonds. The van der Waals surface area contributed by atoms with E-state index in [1.54, 1.807) is 18.4 Å². The highest BCUT2D eigenvalue weighted by atomic mass is 32.1. The van der Waals surface area contributed by atoms with Crippen molar-refractivity contribution in [2.45, 2.75) is 136 Å². The normalized spacial score (nSPS) is 27.8. The first-order valence-corrected chi connectivity index (χ1v) is 17.0. The molecule has 1 spiro atoms. The SMILES string of the molecule is CC1CCCC12OC(c1ccc(C(F)(F)F)cc1)c1c(C3CCC3)nc3c(c12)C(O)CC(C)(C)C3.CCC(C)(C)C.CS. The lowest BCUT2D eigenvalue weighted by Crippen LogP contribution is -2.34. The van der Waals surface area contributed by atoms with Crippen molar-refractivity contribution in [1.82, 2.24) is 4.98 Å². The number of halogens is 3. The predicted octanol–water partition coefficient (Wildman–Crippen LogP) is 10.5. The largest absolute Gasteiger partial charge is 0.416 e. The smallest absolute Gasteiger partial charge is 0.388 e. The minimum Gasteiger partial charge on any atom is -0.388 e. The highest BCUT2D eigenvalue weighted by molar-refractivity contribution is 7.79. The molecule has 3 nitrogen and oxygen atoms in total. The predicted molar refractivity (Wildman–Crippen MR) is 172 cm³/mol. The Labute approximate surface area is 262 Å². The third-order valence-corrected chi connectivity index (χ3v) is 10.2. The van der Waals surface area contributed by atoms with Crippen LogP contribution in [-0.2, 0) is 22.9 Å². The molecule has 1 aromatic carbocycles. The Kier molecular flexibility index (Phi) is 10.1. The number of alkyl halides is 3. The second kappa shape index (κ2) is 12.7. The molecule has 2 fully saturated rings. The summed E-state index contributed by atoms with van der Waals surface area (Å²) in [6.45, 7) is 15.5. The van der Waals surface area contributed by atoms with Gasteiger partial charge in [-0.15, -0.1) is 0 Å². The first-order valence-electron chi connectivity index (χ1n) is 16.1. The van der Waals surface area contributed by atoms with E-state index < -0.39 is 29.5 Å². The zero-order valence-corrected chi connectivity index (χ0v) is 28.3. The molecule has 1 aliphatic heterocycles. The molecule has 1 aromatic heterocycles. The summed E-state index contributed by atoms with van der Waals surface area (Å²) in [4.78, 5) is 5.25. The van der Waals surface area contributed by atoms with Gasteiger partial charge in [-0.3, -0.25) is 4.98 Å². The quantitative estimate of drug-likeness (QED) is 0.329. The Morgan fingerprint density at radius 1 is 1.00 bits per heavy atom. The Balaban J connectivity index is 0.000000475. The number of aliphatic hydroxyl groups excluding tert-OH is 1. The van der Waals surface area contributed by atoms with Crippen LogP contribution in [0.4, 0.5) is 13.2 Å². The fraction of sp³-hybridized carbons (Fsp3) is 0.694. The van der Waals surface area contributed by atoms with Gasteiger partial charge in [0.05, 0.1) is 23.0 Å². The molecule has 7 heteroatoms. The van der Waals surface area contributed by atoms with Crippen LogP contribution in [0.25, 0.3) is 0 Å². The van der Waals surface area contributed by atoms with Crippen molar-refractivity contribution in [2.75, 3.05) is 6.26 Å². The molecular weight excluding hydrogens is 567 g/mol. The minimum absolute atomic E-state index is 0.0364. The Morgan fingerprint density at radius 2 is 1.60 bits per heavy atom. The van der Waals surface area contributed by atoms with E-state index in [0.717, 1.165) is 84.3 Å². The summed E-state index contributed by atoms with van der Waals surface area (Å²) in [5.74, 6) is 0.618. The molecule has 0 radical (unpaired) electrons. The number of hydrogen-bond donors (Lipinski definition) is 2. The van der Waals surface area contributed by atoms with Gasteiger partial charge in [-0.1, -0.05) is 73.4 Å². The van der Waals surface area contributed by atoms with E-state index in [0.29, 0.717) is 17.8 Å². The van der Waals surface area contributed by atoms with Gasteiger partial charge in [0.1, 0.15) is 6.10 Å². The van der Waals surface area contributed by atoms with Crippen molar-refractivity contribution in [1.29, 1.82) is 0 Å². The number of pyridine rings is 1. The van der Waals surface area contributed by atoms with Crippen molar-refractivity contribution < 1.29 is 23.0 Å². The van der Waals surface area contributed by atoms with Gasteiger partial charge >= 0.3 is 6.18 Å². The molecule has 4 unspecified atom stereocenters. The van der Waals surface area contributed by atoms with Crippen molar-refractivity contribution >= 4 is 12.6 Å². The van der Waals surface area contributed by atoms with Crippen LogP contribution in [0.2, 0.25) is 0 Å². The monoisotopic (exact) mass is 619 g/mol. The van der Waals surface area contributed by atoms with Gasteiger partial charge in [0.25, 0.3) is 0 Å². The van der Waals surface area contributed by atoms with Crippen LogP contribution in [0.1, 0.15) is 157 Å². The van der Waals surface area contributed by atoms with E-state index in [4.69, 9.17) is 9.72 Å². The topological polar surface area (TPSA) is 42.4 Å². The lowest BCUT2D eigenvalue weighted by atomic mass is 9.68. The van der Waals surface area contributed by atoms with Crippen molar-refractivity contribution in [3.8, 4) is 0 Å². The maximum atomic E-state index is 13.3. The highest BCUT2D eigenvalue weighted by Crippen LogP contribution is 2.62. The Morgan fingerprint density at radius 3 is 2.07 bits per heavy atom. The van der Waals surface area contributed by atoms with Crippen LogP contribution < -0.4 is 0 Å². The molecule has 2 aromatic rings. The van der Waals surface area contributed by atoms with Crippen LogP contribution in [0, 0.1) is 16.7 Å². The number of aromatic nitrogens is 1. The number of nitrogens with zero attached hydrogens (tertiary/aromatic N) is 1. The van der Waals surface area contributed by atoms with Crippen molar-refractivity contribution in [2.24, 2.45) is 16.7 Å². The number of benzene rings is 1. The fourth-order valence-corrected chi connectivity index (χ4v) is 7.15. The van der Waals surface area contributed by atoms with Gasteiger partial charge in [-0.05, 0) is 91.2 Å². The van der Waals surface area contributed by atoms with E-state index in [2.05, 4.69) is 61.1 Å². The summed E-state index contributed by atoms with van der Waals surface area (Å²) >= 11 is 3.53. The van der Waals surface area contributed by atoms with E-state index in [-0.39, 0.29) is 11.3 Å². The average Bonchev–Trinajstić information content (AvgIpc) is 3.43. The van der Waals surface area contributed by atoms with Gasteiger partial charge in [0, 0.05) is 22.7 Å². The number of thiol groups is 1. The number of aliphatic hydroxyl groups is 1.